The molecule has 5 aromatic rings. The van der Waals surface area contributed by atoms with E-state index in [1.165, 1.54) is 74.2 Å². The molecule has 500 valence electrons. The minimum Gasteiger partial charge on any atom is -0.324 e. The molecule has 0 aliphatic heterocycles. The number of rotatable bonds is 22. The Kier molecular flexibility index (Phi) is 37.7. The number of ketones is 5. The highest BCUT2D eigenvalue weighted by atomic mass is 35.5. The standard InChI is InChI=1S/2C15H19NO.C14H16ClNO.C14H16FNO.C12H18NO4P.5CH4/c1-10-5-4-6-14-12(7-8-13(10)14)9-15(16-3)11(2)17;1-10-5-4-6-12-7-8-13(15(10)12)9-14(16-3)11(2)17;1-9(17)14(16-2)7-11-4-3-10-5-6-12(15)8-13(10)11;1-9(17)14(16-2)8-11-4-3-10-7-12(15)5-6-13(10)11;1-9(14)12(13-2)7-10-3-5-11(6-4-10)8-18(15,16)17;;;;;/h4-7,15-16H,8-9H2,1-3H3;4-6,8,14,16H,7,9H2,1-3H3;4-6,8,14,16H,3,7H2,1-2H3;4-7,14,16H,3,8H2,1-2H3;3-6,12-13H,7-8H2,1-2H3,(H2,15,16,17);5*1H4/t;;;;12-;;;;;/m....0...../s1. The monoisotopic (exact) mass is 1290 g/mol. The zero-order valence-corrected chi connectivity index (χ0v) is 53.7. The van der Waals surface area contributed by atoms with Gasteiger partial charge in [0.1, 0.15) is 34.7 Å². The van der Waals surface area contributed by atoms with Gasteiger partial charge in [-0.25, -0.2) is 4.39 Å². The molecular formula is C75H108ClFN5O8P. The summed E-state index contributed by atoms with van der Waals surface area (Å²) in [7, 11) is 5.01. The van der Waals surface area contributed by atoms with Crippen molar-refractivity contribution in [3.8, 4) is 0 Å². The van der Waals surface area contributed by atoms with Crippen molar-refractivity contribution in [3.63, 3.8) is 0 Å². The van der Waals surface area contributed by atoms with Gasteiger partial charge in [-0.1, -0.05) is 146 Å². The van der Waals surface area contributed by atoms with Crippen LogP contribution in [0.25, 0.3) is 22.3 Å². The third-order valence-electron chi connectivity index (χ3n) is 16.3. The molecule has 4 aliphatic carbocycles. The lowest BCUT2D eigenvalue weighted by molar-refractivity contribution is -0.119. The predicted octanol–water partition coefficient (Wildman–Crippen LogP) is 14.4. The molecule has 16 heteroatoms. The summed E-state index contributed by atoms with van der Waals surface area (Å²) in [5.41, 5.74) is 19.2. The molecule has 9 rings (SSSR count). The number of aryl methyl sites for hydroxylation is 2. The van der Waals surface area contributed by atoms with Crippen molar-refractivity contribution in [1.82, 2.24) is 26.6 Å². The Balaban J connectivity index is 0.00000110. The number of hydrogen-bond acceptors (Lipinski definition) is 11. The number of hydrogen-bond donors (Lipinski definition) is 7. The summed E-state index contributed by atoms with van der Waals surface area (Å²) in [4.78, 5) is 74.7. The normalized spacial score (nSPS) is 14.1. The minimum absolute atomic E-state index is 0. The molecule has 0 amide bonds. The van der Waals surface area contributed by atoms with E-state index in [1.807, 2.05) is 33.3 Å². The number of allylic oxidation sites excluding steroid dienone is 4. The van der Waals surface area contributed by atoms with Crippen LogP contribution in [0.1, 0.15) is 164 Å². The van der Waals surface area contributed by atoms with E-state index in [0.29, 0.717) is 18.4 Å². The summed E-state index contributed by atoms with van der Waals surface area (Å²) in [6, 6.07) is 30.0. The van der Waals surface area contributed by atoms with Crippen molar-refractivity contribution < 1.29 is 42.7 Å². The van der Waals surface area contributed by atoms with Gasteiger partial charge in [0, 0.05) is 5.02 Å². The molecule has 13 nitrogen and oxygen atoms in total. The van der Waals surface area contributed by atoms with Gasteiger partial charge in [-0.2, -0.15) is 0 Å². The maximum absolute atomic E-state index is 13.1. The van der Waals surface area contributed by atoms with Gasteiger partial charge in [-0.3, -0.25) is 28.5 Å². The fourth-order valence-electron chi connectivity index (χ4n) is 11.2. The molecule has 5 atom stereocenters. The van der Waals surface area contributed by atoms with Crippen LogP contribution in [0.3, 0.4) is 0 Å². The summed E-state index contributed by atoms with van der Waals surface area (Å²) in [6.07, 6.45) is 15.8. The van der Waals surface area contributed by atoms with Crippen molar-refractivity contribution >= 4 is 70.4 Å². The third kappa shape index (κ3) is 25.2. The Bertz CT molecular complexity index is 3380. The highest BCUT2D eigenvalue weighted by Gasteiger charge is 2.25. The molecule has 0 saturated carbocycles. The molecule has 7 N–H and O–H groups in total. The topological polar surface area (TPSA) is 203 Å². The van der Waals surface area contributed by atoms with Crippen LogP contribution < -0.4 is 26.6 Å². The van der Waals surface area contributed by atoms with E-state index in [1.54, 1.807) is 78.2 Å². The quantitative estimate of drug-likeness (QED) is 0.0323. The molecule has 91 heavy (non-hydrogen) atoms. The van der Waals surface area contributed by atoms with Crippen LogP contribution in [0.5, 0.6) is 0 Å². The van der Waals surface area contributed by atoms with Crippen molar-refractivity contribution in [2.24, 2.45) is 0 Å². The number of nitrogens with one attached hydrogen (secondary N) is 5. The molecule has 4 unspecified atom stereocenters. The van der Waals surface area contributed by atoms with Gasteiger partial charge in [0.05, 0.1) is 36.4 Å². The summed E-state index contributed by atoms with van der Waals surface area (Å²) in [5, 5.41) is 15.9. The fourth-order valence-corrected chi connectivity index (χ4v) is 12.1. The Labute approximate surface area is 550 Å². The van der Waals surface area contributed by atoms with Crippen LogP contribution in [-0.2, 0) is 66.8 Å². The van der Waals surface area contributed by atoms with Gasteiger partial charge in [0.2, 0.25) is 0 Å². The number of Topliss-reactive ketones (excluding diaryl/α,β-unsaturated/α-hetero) is 5. The largest absolute Gasteiger partial charge is 0.329 e. The number of carbonyl (C=O) groups excluding carboxylic acids is 5. The molecule has 0 saturated heterocycles. The van der Waals surface area contributed by atoms with Crippen LogP contribution in [0, 0.1) is 19.7 Å². The van der Waals surface area contributed by atoms with Gasteiger partial charge >= 0.3 is 7.60 Å². The van der Waals surface area contributed by atoms with Crippen LogP contribution in [0.15, 0.2) is 121 Å². The second-order valence-electron chi connectivity index (χ2n) is 22.5. The van der Waals surface area contributed by atoms with E-state index >= 15 is 0 Å². The Hall–Kier alpha value is -6.42. The van der Waals surface area contributed by atoms with Crippen LogP contribution in [0.4, 0.5) is 4.39 Å². The van der Waals surface area contributed by atoms with E-state index in [9.17, 15) is 32.9 Å². The number of carbonyl (C=O) groups is 5. The zero-order chi connectivity index (χ0) is 63.4. The van der Waals surface area contributed by atoms with E-state index in [-0.39, 0.29) is 108 Å². The van der Waals surface area contributed by atoms with Crippen LogP contribution >= 0.6 is 19.2 Å². The average molecular weight is 1290 g/mol. The molecule has 5 aromatic carbocycles. The molecular weight excluding hydrogens is 1180 g/mol. The van der Waals surface area contributed by atoms with Crippen molar-refractivity contribution in [1.29, 1.82) is 0 Å². The third-order valence-corrected chi connectivity index (χ3v) is 17.3. The van der Waals surface area contributed by atoms with Gasteiger partial charge in [0.25, 0.3) is 0 Å². The molecule has 0 fully saturated rings. The first-order chi connectivity index (χ1) is 40.8. The second-order valence-corrected chi connectivity index (χ2v) is 24.5. The molecule has 0 bridgehead atoms. The Morgan fingerprint density at radius 1 is 0.462 bits per heavy atom. The zero-order valence-electron chi connectivity index (χ0n) is 52.1. The molecule has 0 spiro atoms. The average Bonchev–Trinajstić information content (AvgIpc) is 1.77. The highest BCUT2D eigenvalue weighted by Crippen LogP contribution is 2.39. The van der Waals surface area contributed by atoms with Crippen molar-refractivity contribution in [2.75, 3.05) is 35.2 Å². The van der Waals surface area contributed by atoms with Crippen molar-refractivity contribution in [3.05, 3.63) is 199 Å². The van der Waals surface area contributed by atoms with E-state index in [0.717, 1.165) is 72.2 Å². The Morgan fingerprint density at radius 2 is 0.868 bits per heavy atom. The first-order valence-corrected chi connectivity index (χ1v) is 31.5. The van der Waals surface area contributed by atoms with Gasteiger partial charge in [-0.15, -0.1) is 0 Å². The van der Waals surface area contributed by atoms with Crippen LogP contribution in [0.2, 0.25) is 5.02 Å². The predicted molar refractivity (Wildman–Crippen MR) is 383 cm³/mol. The highest BCUT2D eigenvalue weighted by molar-refractivity contribution is 7.50. The van der Waals surface area contributed by atoms with E-state index in [4.69, 9.17) is 21.4 Å². The maximum atomic E-state index is 13.1. The first kappa shape index (κ1) is 84.6. The van der Waals surface area contributed by atoms with Crippen LogP contribution in [-0.4, -0.2) is 104 Å². The first-order valence-electron chi connectivity index (χ1n) is 29.3. The molecule has 4 aliphatic rings. The lowest BCUT2D eigenvalue weighted by atomic mass is 9.94. The summed E-state index contributed by atoms with van der Waals surface area (Å²) < 4.78 is 23.9. The molecule has 0 heterocycles. The SMILES string of the molecule is C.C.C.C.C.CNC(CC1=CCc2c(C)cccc21)C(C)=O.CNC(CC1=CCc2cc(F)ccc21)C(C)=O.CNC(CC1=CCc2ccc(Cl)cc21)C(C)=O.CNC(CC1=CCc2cccc(C)c21)C(C)=O.CN[C@@H](Cc1ccc(CP(=O)(O)O)cc1)C(C)=O. The smallest absolute Gasteiger partial charge is 0.324 e. The van der Waals surface area contributed by atoms with E-state index < -0.39 is 7.60 Å². The van der Waals surface area contributed by atoms with Crippen molar-refractivity contribution in [2.45, 2.75) is 180 Å². The molecule has 0 radical (unpaired) electrons. The summed E-state index contributed by atoms with van der Waals surface area (Å²) in [6.45, 7) is 12.3. The Morgan fingerprint density at radius 3 is 1.36 bits per heavy atom. The second kappa shape index (κ2) is 40.5. The maximum Gasteiger partial charge on any atom is 0.329 e. The lowest BCUT2D eigenvalue weighted by Gasteiger charge is -2.15. The number of fused-ring (bicyclic) bond motifs is 4. The molecule has 0 aromatic heterocycles. The number of likely N-dealkylation sites (N-methyl/N-ethyl adjacent to an activating group) is 5. The minimum atomic E-state index is -4.02. The van der Waals surface area contributed by atoms with Gasteiger partial charge < -0.3 is 36.4 Å². The van der Waals surface area contributed by atoms with Gasteiger partial charge in [0.15, 0.2) is 0 Å². The van der Waals surface area contributed by atoms with Gasteiger partial charge in [-0.05, 0) is 255 Å². The number of benzene rings is 5. The fraction of sp³-hybridized carbons (Fsp3) is 0.427. The summed E-state index contributed by atoms with van der Waals surface area (Å²) in [5.74, 6) is 0.574. The number of halogens is 2. The lowest BCUT2D eigenvalue weighted by Crippen LogP contribution is -2.34. The van der Waals surface area contributed by atoms with E-state index in [2.05, 4.69) is 107 Å². The summed E-state index contributed by atoms with van der Waals surface area (Å²) >= 11 is 6.01.